The maximum atomic E-state index is 5.98. The molecule has 2 nitrogen and oxygen atoms in total. The van der Waals surface area contributed by atoms with E-state index in [0.29, 0.717) is 12.0 Å². The molecule has 1 heterocycles. The van der Waals surface area contributed by atoms with Crippen LogP contribution in [0.5, 0.6) is 0 Å². The summed E-state index contributed by atoms with van der Waals surface area (Å²) < 4.78 is 0. The van der Waals surface area contributed by atoms with Gasteiger partial charge in [-0.25, -0.2) is 0 Å². The molecule has 0 saturated heterocycles. The topological polar surface area (TPSA) is 41.8 Å². The van der Waals surface area contributed by atoms with Gasteiger partial charge in [-0.1, -0.05) is 6.92 Å². The van der Waals surface area contributed by atoms with Gasteiger partial charge in [-0.05, 0) is 37.3 Å². The quantitative estimate of drug-likeness (QED) is 0.680. The van der Waals surface area contributed by atoms with Crippen molar-refractivity contribution in [1.29, 1.82) is 0 Å². The molecule has 0 aromatic carbocycles. The minimum atomic E-state index is 0.407. The largest absolute Gasteiger partial charge is 0.365 e. The van der Waals surface area contributed by atoms with Crippen LogP contribution in [0.2, 0.25) is 0 Å². The number of H-pyrrole nitrogens is 1. The van der Waals surface area contributed by atoms with Gasteiger partial charge < -0.3 is 10.7 Å². The second-order valence-corrected chi connectivity index (χ2v) is 4.28. The Balaban J connectivity index is 2.12. The van der Waals surface area contributed by atoms with E-state index < -0.39 is 0 Å². The maximum Gasteiger partial charge on any atom is 0.0181 e. The van der Waals surface area contributed by atoms with E-state index in [9.17, 15) is 0 Å². The molecule has 3 atom stereocenters. The Bertz CT molecular complexity index is 253. The number of nitrogens with two attached hydrogens (primary N) is 1. The number of rotatable bonds is 1. The lowest BCUT2D eigenvalue weighted by Gasteiger charge is -2.31. The Labute approximate surface area is 79.5 Å². The zero-order valence-electron chi connectivity index (χ0n) is 8.16. The number of nitrogens with one attached hydrogen (secondary N) is 1. The van der Waals surface area contributed by atoms with Crippen molar-refractivity contribution in [1.82, 2.24) is 4.98 Å². The molecule has 2 heteroatoms. The first-order valence-corrected chi connectivity index (χ1v) is 5.16. The Morgan fingerprint density at radius 1 is 1.46 bits per heavy atom. The highest BCUT2D eigenvalue weighted by Gasteiger charge is 2.27. The SMILES string of the molecule is CC1CCC(N)CC1c1ccc[nH]1. The van der Waals surface area contributed by atoms with Gasteiger partial charge in [-0.2, -0.15) is 0 Å². The Hall–Kier alpha value is -0.760. The molecule has 1 aliphatic carbocycles. The summed E-state index contributed by atoms with van der Waals surface area (Å²) >= 11 is 0. The van der Waals surface area contributed by atoms with Crippen LogP contribution in [0.15, 0.2) is 18.3 Å². The Morgan fingerprint density at radius 2 is 2.31 bits per heavy atom. The summed E-state index contributed by atoms with van der Waals surface area (Å²) in [4.78, 5) is 3.30. The van der Waals surface area contributed by atoms with E-state index >= 15 is 0 Å². The van der Waals surface area contributed by atoms with Gasteiger partial charge in [0.05, 0.1) is 0 Å². The Kier molecular flexibility index (Phi) is 2.40. The highest BCUT2D eigenvalue weighted by Crippen LogP contribution is 2.35. The van der Waals surface area contributed by atoms with Crippen LogP contribution in [-0.2, 0) is 0 Å². The molecule has 1 aromatic rings. The van der Waals surface area contributed by atoms with Crippen LogP contribution in [0.1, 0.15) is 37.8 Å². The molecular formula is C11H18N2. The van der Waals surface area contributed by atoms with E-state index in [1.54, 1.807) is 0 Å². The van der Waals surface area contributed by atoms with Crippen molar-refractivity contribution < 1.29 is 0 Å². The van der Waals surface area contributed by atoms with Crippen molar-refractivity contribution in [2.75, 3.05) is 0 Å². The molecule has 72 valence electrons. The molecule has 3 N–H and O–H groups in total. The lowest BCUT2D eigenvalue weighted by Crippen LogP contribution is -2.31. The fourth-order valence-electron chi connectivity index (χ4n) is 2.36. The predicted molar refractivity (Wildman–Crippen MR) is 54.5 cm³/mol. The monoisotopic (exact) mass is 178 g/mol. The minimum Gasteiger partial charge on any atom is -0.365 e. The smallest absolute Gasteiger partial charge is 0.0181 e. The van der Waals surface area contributed by atoms with Crippen molar-refractivity contribution in [2.24, 2.45) is 11.7 Å². The van der Waals surface area contributed by atoms with Crippen molar-refractivity contribution in [3.8, 4) is 0 Å². The standard InChI is InChI=1S/C11H18N2/c1-8-4-5-9(12)7-10(8)11-3-2-6-13-11/h2-3,6,8-10,13H,4-5,7,12H2,1H3. The van der Waals surface area contributed by atoms with Gasteiger partial charge in [0.25, 0.3) is 0 Å². The second kappa shape index (κ2) is 3.54. The fourth-order valence-corrected chi connectivity index (χ4v) is 2.36. The van der Waals surface area contributed by atoms with E-state index in [2.05, 4.69) is 24.0 Å². The average Bonchev–Trinajstić information content (AvgIpc) is 2.61. The van der Waals surface area contributed by atoms with Gasteiger partial charge in [0.15, 0.2) is 0 Å². The molecule has 0 radical (unpaired) electrons. The number of aromatic nitrogens is 1. The van der Waals surface area contributed by atoms with Crippen LogP contribution in [0.25, 0.3) is 0 Å². The van der Waals surface area contributed by atoms with Crippen LogP contribution in [0.3, 0.4) is 0 Å². The summed E-state index contributed by atoms with van der Waals surface area (Å²) in [5.74, 6) is 1.43. The van der Waals surface area contributed by atoms with Gasteiger partial charge >= 0.3 is 0 Å². The molecule has 2 rings (SSSR count). The van der Waals surface area contributed by atoms with E-state index in [1.165, 1.54) is 18.5 Å². The van der Waals surface area contributed by atoms with Crippen molar-refractivity contribution in [3.05, 3.63) is 24.0 Å². The van der Waals surface area contributed by atoms with Gasteiger partial charge in [0.2, 0.25) is 0 Å². The zero-order valence-corrected chi connectivity index (χ0v) is 8.16. The van der Waals surface area contributed by atoms with Crippen LogP contribution >= 0.6 is 0 Å². The molecule has 0 amide bonds. The molecular weight excluding hydrogens is 160 g/mol. The molecule has 1 saturated carbocycles. The van der Waals surface area contributed by atoms with Gasteiger partial charge in [-0.3, -0.25) is 0 Å². The molecule has 13 heavy (non-hydrogen) atoms. The van der Waals surface area contributed by atoms with Crippen molar-refractivity contribution in [3.63, 3.8) is 0 Å². The number of hydrogen-bond acceptors (Lipinski definition) is 1. The maximum absolute atomic E-state index is 5.98. The summed E-state index contributed by atoms with van der Waals surface area (Å²) in [6.07, 6.45) is 5.60. The zero-order chi connectivity index (χ0) is 9.26. The summed E-state index contributed by atoms with van der Waals surface area (Å²) in [7, 11) is 0. The van der Waals surface area contributed by atoms with E-state index in [0.717, 1.165) is 12.3 Å². The first-order valence-electron chi connectivity index (χ1n) is 5.16. The van der Waals surface area contributed by atoms with Crippen LogP contribution in [0, 0.1) is 5.92 Å². The van der Waals surface area contributed by atoms with Gasteiger partial charge in [-0.15, -0.1) is 0 Å². The first-order chi connectivity index (χ1) is 6.27. The molecule has 1 fully saturated rings. The minimum absolute atomic E-state index is 0.407. The van der Waals surface area contributed by atoms with E-state index in [-0.39, 0.29) is 0 Å². The van der Waals surface area contributed by atoms with Gasteiger partial charge in [0, 0.05) is 23.9 Å². The lowest BCUT2D eigenvalue weighted by atomic mass is 9.76. The average molecular weight is 178 g/mol. The van der Waals surface area contributed by atoms with Crippen LogP contribution in [-0.4, -0.2) is 11.0 Å². The van der Waals surface area contributed by atoms with Crippen LogP contribution < -0.4 is 5.73 Å². The summed E-state index contributed by atoms with van der Waals surface area (Å²) in [6, 6.07) is 4.66. The van der Waals surface area contributed by atoms with Gasteiger partial charge in [0.1, 0.15) is 0 Å². The normalized spacial score (nSPS) is 34.8. The summed E-state index contributed by atoms with van der Waals surface area (Å²) in [6.45, 7) is 2.33. The lowest BCUT2D eigenvalue weighted by molar-refractivity contribution is 0.296. The number of aromatic amines is 1. The fraction of sp³-hybridized carbons (Fsp3) is 0.636. The third-order valence-electron chi connectivity index (χ3n) is 3.26. The molecule has 1 aromatic heterocycles. The highest BCUT2D eigenvalue weighted by atomic mass is 14.7. The third kappa shape index (κ3) is 1.78. The molecule has 0 aliphatic heterocycles. The summed E-state index contributed by atoms with van der Waals surface area (Å²) in [5, 5.41) is 0. The van der Waals surface area contributed by atoms with E-state index in [1.807, 2.05) is 6.20 Å². The van der Waals surface area contributed by atoms with Crippen molar-refractivity contribution in [2.45, 2.75) is 38.1 Å². The highest BCUT2D eigenvalue weighted by molar-refractivity contribution is 5.12. The summed E-state index contributed by atoms with van der Waals surface area (Å²) in [5.41, 5.74) is 7.34. The third-order valence-corrected chi connectivity index (χ3v) is 3.26. The van der Waals surface area contributed by atoms with Crippen molar-refractivity contribution >= 4 is 0 Å². The second-order valence-electron chi connectivity index (χ2n) is 4.28. The predicted octanol–water partition coefficient (Wildman–Crippen LogP) is 2.25. The molecule has 3 unspecified atom stereocenters. The van der Waals surface area contributed by atoms with Crippen LogP contribution in [0.4, 0.5) is 0 Å². The molecule has 0 spiro atoms. The molecule has 0 bridgehead atoms. The number of hydrogen-bond donors (Lipinski definition) is 2. The Morgan fingerprint density at radius 3 is 3.00 bits per heavy atom. The molecule has 1 aliphatic rings. The van der Waals surface area contributed by atoms with E-state index in [4.69, 9.17) is 5.73 Å². The first kappa shape index (κ1) is 8.82.